The van der Waals surface area contributed by atoms with E-state index in [9.17, 15) is 4.79 Å². The Morgan fingerprint density at radius 1 is 1.29 bits per heavy atom. The predicted molar refractivity (Wildman–Crippen MR) is 67.7 cm³/mol. The summed E-state index contributed by atoms with van der Waals surface area (Å²) < 4.78 is 1.78. The van der Waals surface area contributed by atoms with Gasteiger partial charge in [0.1, 0.15) is 0 Å². The van der Waals surface area contributed by atoms with Crippen LogP contribution in [0.25, 0.3) is 5.69 Å². The van der Waals surface area contributed by atoms with Crippen LogP contribution in [0.1, 0.15) is 11.4 Å². The Bertz CT molecular complexity index is 546. The monoisotopic (exact) mass is 249 g/mol. The van der Waals surface area contributed by atoms with Crippen LogP contribution in [0.15, 0.2) is 24.3 Å². The molecule has 0 aliphatic heterocycles. The molecule has 1 aromatic heterocycles. The van der Waals surface area contributed by atoms with Crippen molar-refractivity contribution in [3.05, 3.63) is 40.7 Å². The Morgan fingerprint density at radius 3 is 2.41 bits per heavy atom. The number of carbonyl (C=O) groups excluding carboxylic acids is 1. The first-order chi connectivity index (χ1) is 8.13. The summed E-state index contributed by atoms with van der Waals surface area (Å²) in [6.07, 6.45) is 0.648. The van der Waals surface area contributed by atoms with E-state index in [0.717, 1.165) is 22.8 Å². The Morgan fingerprint density at radius 2 is 1.94 bits per heavy atom. The van der Waals surface area contributed by atoms with Gasteiger partial charge >= 0.3 is 0 Å². The second-order valence-electron chi connectivity index (χ2n) is 3.71. The van der Waals surface area contributed by atoms with Crippen molar-refractivity contribution in [2.24, 2.45) is 0 Å². The second-order valence-corrected chi connectivity index (χ2v) is 4.08. The summed E-state index contributed by atoms with van der Waals surface area (Å²) in [5, 5.41) is 7.61. The molecule has 0 unspecified atom stereocenters. The molecule has 5 heteroatoms. The summed E-state index contributed by atoms with van der Waals surface area (Å²) in [5.41, 5.74) is 3.37. The van der Waals surface area contributed by atoms with E-state index in [1.165, 1.54) is 0 Å². The zero-order chi connectivity index (χ0) is 12.4. The SMILES string of the molecule is Cc1nn(-c2ccc(NC=O)cc2)c(C)c1Cl. The predicted octanol–water partition coefficient (Wildman–Crippen LogP) is 2.71. The van der Waals surface area contributed by atoms with Crippen molar-refractivity contribution in [1.29, 1.82) is 0 Å². The number of hydrogen-bond donors (Lipinski definition) is 1. The van der Waals surface area contributed by atoms with Gasteiger partial charge in [-0.2, -0.15) is 5.10 Å². The molecule has 0 aliphatic rings. The molecule has 2 aromatic rings. The van der Waals surface area contributed by atoms with Crippen molar-refractivity contribution >= 4 is 23.7 Å². The Kier molecular flexibility index (Phi) is 3.15. The third kappa shape index (κ3) is 2.17. The van der Waals surface area contributed by atoms with Gasteiger partial charge in [0.05, 0.1) is 22.1 Å². The van der Waals surface area contributed by atoms with Gasteiger partial charge in [0, 0.05) is 5.69 Å². The molecule has 17 heavy (non-hydrogen) atoms. The maximum absolute atomic E-state index is 10.3. The van der Waals surface area contributed by atoms with Gasteiger partial charge in [-0.05, 0) is 38.1 Å². The molecule has 1 amide bonds. The Hall–Kier alpha value is -1.81. The lowest BCUT2D eigenvalue weighted by Crippen LogP contribution is -2.00. The van der Waals surface area contributed by atoms with E-state index in [4.69, 9.17) is 11.6 Å². The first kappa shape index (κ1) is 11.7. The van der Waals surface area contributed by atoms with Gasteiger partial charge in [0.25, 0.3) is 0 Å². The van der Waals surface area contributed by atoms with Crippen LogP contribution < -0.4 is 5.32 Å². The van der Waals surface area contributed by atoms with Crippen LogP contribution in [0.3, 0.4) is 0 Å². The molecule has 0 fully saturated rings. The van der Waals surface area contributed by atoms with Gasteiger partial charge in [-0.25, -0.2) is 4.68 Å². The summed E-state index contributed by atoms with van der Waals surface area (Å²) in [4.78, 5) is 10.3. The van der Waals surface area contributed by atoms with E-state index < -0.39 is 0 Å². The van der Waals surface area contributed by atoms with Crippen molar-refractivity contribution in [2.75, 3.05) is 5.32 Å². The van der Waals surface area contributed by atoms with Crippen LogP contribution in [0, 0.1) is 13.8 Å². The standard InChI is InChI=1S/C12H12ClN3O/c1-8-12(13)9(2)16(15-8)11-5-3-10(4-6-11)14-7-17/h3-7H,1-2H3,(H,14,17). The molecule has 0 aliphatic carbocycles. The molecule has 1 N–H and O–H groups in total. The molecule has 0 spiro atoms. The van der Waals surface area contributed by atoms with Crippen molar-refractivity contribution in [3.8, 4) is 5.69 Å². The molecule has 0 saturated carbocycles. The van der Waals surface area contributed by atoms with E-state index in [0.29, 0.717) is 11.4 Å². The fourth-order valence-corrected chi connectivity index (χ4v) is 1.76. The minimum Gasteiger partial charge on any atom is -0.329 e. The van der Waals surface area contributed by atoms with Crippen LogP contribution in [0.5, 0.6) is 0 Å². The third-order valence-corrected chi connectivity index (χ3v) is 3.09. The van der Waals surface area contributed by atoms with Gasteiger partial charge in [0.15, 0.2) is 0 Å². The van der Waals surface area contributed by atoms with Gasteiger partial charge in [-0.15, -0.1) is 0 Å². The van der Waals surface area contributed by atoms with Gasteiger partial charge in [-0.1, -0.05) is 11.6 Å². The summed E-state index contributed by atoms with van der Waals surface area (Å²) in [7, 11) is 0. The van der Waals surface area contributed by atoms with Crippen LogP contribution in [0.2, 0.25) is 5.02 Å². The fourth-order valence-electron chi connectivity index (χ4n) is 1.64. The third-order valence-electron chi connectivity index (χ3n) is 2.54. The highest BCUT2D eigenvalue weighted by molar-refractivity contribution is 6.31. The van der Waals surface area contributed by atoms with Crippen molar-refractivity contribution in [3.63, 3.8) is 0 Å². The minimum atomic E-state index is 0.648. The zero-order valence-electron chi connectivity index (χ0n) is 9.57. The molecule has 0 atom stereocenters. The Labute approximate surface area is 104 Å². The average Bonchev–Trinajstić information content (AvgIpc) is 2.59. The quantitative estimate of drug-likeness (QED) is 0.851. The molecule has 88 valence electrons. The van der Waals surface area contributed by atoms with Crippen molar-refractivity contribution in [1.82, 2.24) is 9.78 Å². The molecular weight excluding hydrogens is 238 g/mol. The summed E-state index contributed by atoms with van der Waals surface area (Å²) >= 11 is 6.09. The van der Waals surface area contributed by atoms with Crippen molar-refractivity contribution < 1.29 is 4.79 Å². The summed E-state index contributed by atoms with van der Waals surface area (Å²) in [5.74, 6) is 0. The first-order valence-corrected chi connectivity index (χ1v) is 5.53. The number of nitrogens with one attached hydrogen (secondary N) is 1. The van der Waals surface area contributed by atoms with E-state index in [-0.39, 0.29) is 0 Å². The smallest absolute Gasteiger partial charge is 0.211 e. The van der Waals surface area contributed by atoms with Crippen LogP contribution >= 0.6 is 11.6 Å². The highest BCUT2D eigenvalue weighted by Gasteiger charge is 2.10. The summed E-state index contributed by atoms with van der Waals surface area (Å²) in [6.45, 7) is 3.79. The second kappa shape index (κ2) is 4.59. The Balaban J connectivity index is 2.39. The molecule has 0 bridgehead atoms. The average molecular weight is 250 g/mol. The van der Waals surface area contributed by atoms with Gasteiger partial charge in [-0.3, -0.25) is 4.79 Å². The van der Waals surface area contributed by atoms with Crippen LogP contribution in [-0.2, 0) is 4.79 Å². The number of anilines is 1. The number of halogens is 1. The lowest BCUT2D eigenvalue weighted by molar-refractivity contribution is -0.105. The maximum atomic E-state index is 10.3. The molecule has 4 nitrogen and oxygen atoms in total. The fraction of sp³-hybridized carbons (Fsp3) is 0.167. The van der Waals surface area contributed by atoms with Crippen LogP contribution in [0.4, 0.5) is 5.69 Å². The van der Waals surface area contributed by atoms with Crippen LogP contribution in [-0.4, -0.2) is 16.2 Å². The van der Waals surface area contributed by atoms with E-state index in [2.05, 4.69) is 10.4 Å². The maximum Gasteiger partial charge on any atom is 0.211 e. The number of hydrogen-bond acceptors (Lipinski definition) is 2. The molecule has 2 rings (SSSR count). The molecule has 1 aromatic carbocycles. The number of benzene rings is 1. The van der Waals surface area contributed by atoms with Crippen molar-refractivity contribution in [2.45, 2.75) is 13.8 Å². The lowest BCUT2D eigenvalue weighted by Gasteiger charge is -2.05. The number of rotatable bonds is 3. The van der Waals surface area contributed by atoms with Gasteiger partial charge in [0.2, 0.25) is 6.41 Å². The first-order valence-electron chi connectivity index (χ1n) is 5.16. The zero-order valence-corrected chi connectivity index (χ0v) is 10.3. The number of nitrogens with zero attached hydrogens (tertiary/aromatic N) is 2. The molecular formula is C12H12ClN3O. The number of carbonyl (C=O) groups is 1. The number of aryl methyl sites for hydroxylation is 1. The summed E-state index contributed by atoms with van der Waals surface area (Å²) in [6, 6.07) is 7.38. The van der Waals surface area contributed by atoms with E-state index in [1.807, 2.05) is 38.1 Å². The number of amides is 1. The lowest BCUT2D eigenvalue weighted by atomic mass is 10.3. The minimum absolute atomic E-state index is 0.648. The topological polar surface area (TPSA) is 46.9 Å². The largest absolute Gasteiger partial charge is 0.329 e. The van der Waals surface area contributed by atoms with E-state index >= 15 is 0 Å². The molecule has 0 saturated heterocycles. The highest BCUT2D eigenvalue weighted by Crippen LogP contribution is 2.22. The highest BCUT2D eigenvalue weighted by atomic mass is 35.5. The van der Waals surface area contributed by atoms with E-state index in [1.54, 1.807) is 4.68 Å². The molecule has 0 radical (unpaired) electrons. The number of aromatic nitrogens is 2. The normalized spacial score (nSPS) is 10.3. The van der Waals surface area contributed by atoms with Gasteiger partial charge < -0.3 is 5.32 Å². The molecule has 1 heterocycles.